The third kappa shape index (κ3) is 5.95. The van der Waals surface area contributed by atoms with E-state index in [4.69, 9.17) is 44.3 Å². The van der Waals surface area contributed by atoms with E-state index in [2.05, 4.69) is 19.2 Å². The fraction of sp³-hybridized carbons (Fsp3) is 0.400. The predicted molar refractivity (Wildman–Crippen MR) is 110 cm³/mol. The van der Waals surface area contributed by atoms with Gasteiger partial charge < -0.3 is 14.8 Å². The van der Waals surface area contributed by atoms with Crippen LogP contribution in [0.15, 0.2) is 30.3 Å². The summed E-state index contributed by atoms with van der Waals surface area (Å²) >= 11 is 18.8. The van der Waals surface area contributed by atoms with Crippen LogP contribution in [0.5, 0.6) is 11.5 Å². The Hall–Kier alpha value is -1.13. The Bertz CT molecular complexity index is 715. The third-order valence-corrected chi connectivity index (χ3v) is 5.04. The van der Waals surface area contributed by atoms with Crippen LogP contribution in [0, 0.1) is 5.92 Å². The molecule has 0 aromatic heterocycles. The van der Waals surface area contributed by atoms with Crippen LogP contribution < -0.4 is 14.8 Å². The molecule has 0 unspecified atom stereocenters. The van der Waals surface area contributed by atoms with Crippen LogP contribution in [0.4, 0.5) is 0 Å². The number of rotatable bonds is 9. The maximum Gasteiger partial charge on any atom is 0.163 e. The molecule has 0 aliphatic rings. The van der Waals surface area contributed by atoms with Gasteiger partial charge in [-0.15, -0.1) is 0 Å². The molecule has 142 valence electrons. The first-order chi connectivity index (χ1) is 12.4. The lowest BCUT2D eigenvalue weighted by molar-refractivity contribution is 0.284. The van der Waals surface area contributed by atoms with Gasteiger partial charge in [-0.3, -0.25) is 0 Å². The summed E-state index contributed by atoms with van der Waals surface area (Å²) in [6.45, 7) is 6.26. The lowest BCUT2D eigenvalue weighted by atomic mass is 10.1. The van der Waals surface area contributed by atoms with Crippen LogP contribution in [0.1, 0.15) is 31.4 Å². The standard InChI is InChI=1S/C20H24Cl3NO2/c1-13(2)7-8-24-11-14-9-19(25-3)20(10-18(14)23)26-12-15-16(21)5-4-6-17(15)22/h4-6,9-10,13,24H,7-8,11-12H2,1-3H3. The topological polar surface area (TPSA) is 30.5 Å². The molecule has 0 aliphatic heterocycles. The number of halogens is 3. The van der Waals surface area contributed by atoms with Crippen molar-refractivity contribution in [3.05, 3.63) is 56.5 Å². The van der Waals surface area contributed by atoms with Crippen LogP contribution in [-0.2, 0) is 13.2 Å². The molecule has 0 fully saturated rings. The summed E-state index contributed by atoms with van der Waals surface area (Å²) < 4.78 is 11.3. The van der Waals surface area contributed by atoms with Gasteiger partial charge in [-0.1, -0.05) is 54.7 Å². The minimum atomic E-state index is 0.233. The van der Waals surface area contributed by atoms with Gasteiger partial charge in [-0.25, -0.2) is 0 Å². The minimum Gasteiger partial charge on any atom is -0.493 e. The molecule has 0 amide bonds. The Kier molecular flexibility index (Phi) is 8.36. The first kappa shape index (κ1) is 21.2. The van der Waals surface area contributed by atoms with Crippen LogP contribution in [0.2, 0.25) is 15.1 Å². The smallest absolute Gasteiger partial charge is 0.163 e. The van der Waals surface area contributed by atoms with E-state index < -0.39 is 0 Å². The molecule has 6 heteroatoms. The number of hydrogen-bond donors (Lipinski definition) is 1. The summed E-state index contributed by atoms with van der Waals surface area (Å²) in [7, 11) is 1.61. The summed E-state index contributed by atoms with van der Waals surface area (Å²) in [5, 5.41) is 5.16. The van der Waals surface area contributed by atoms with Gasteiger partial charge in [0.05, 0.1) is 7.11 Å². The van der Waals surface area contributed by atoms with Crippen LogP contribution in [0.3, 0.4) is 0 Å². The molecule has 3 nitrogen and oxygen atoms in total. The van der Waals surface area contributed by atoms with Crippen molar-refractivity contribution in [1.82, 2.24) is 5.32 Å². The second-order valence-corrected chi connectivity index (χ2v) is 7.66. The van der Waals surface area contributed by atoms with Gasteiger partial charge in [0.1, 0.15) is 6.61 Å². The van der Waals surface area contributed by atoms with Crippen molar-refractivity contribution in [1.29, 1.82) is 0 Å². The van der Waals surface area contributed by atoms with Crippen LogP contribution >= 0.6 is 34.8 Å². The van der Waals surface area contributed by atoms with Crippen LogP contribution in [0.25, 0.3) is 0 Å². The highest BCUT2D eigenvalue weighted by atomic mass is 35.5. The van der Waals surface area contributed by atoms with Crippen molar-refractivity contribution >= 4 is 34.8 Å². The lowest BCUT2D eigenvalue weighted by Crippen LogP contribution is -2.16. The van der Waals surface area contributed by atoms with Gasteiger partial charge in [0, 0.05) is 33.2 Å². The molecular formula is C20H24Cl3NO2. The van der Waals surface area contributed by atoms with E-state index in [9.17, 15) is 0 Å². The summed E-state index contributed by atoms with van der Waals surface area (Å²) in [6.07, 6.45) is 1.12. The molecule has 0 atom stereocenters. The second-order valence-electron chi connectivity index (χ2n) is 6.44. The van der Waals surface area contributed by atoms with Gasteiger partial charge in [0.2, 0.25) is 0 Å². The first-order valence-corrected chi connectivity index (χ1v) is 9.68. The zero-order chi connectivity index (χ0) is 19.1. The lowest BCUT2D eigenvalue weighted by Gasteiger charge is -2.15. The zero-order valence-corrected chi connectivity index (χ0v) is 17.5. The van der Waals surface area contributed by atoms with E-state index in [0.717, 1.165) is 24.1 Å². The largest absolute Gasteiger partial charge is 0.493 e. The number of benzene rings is 2. The summed E-state index contributed by atoms with van der Waals surface area (Å²) in [5.74, 6) is 1.84. The maximum absolute atomic E-state index is 6.42. The van der Waals surface area contributed by atoms with Crippen molar-refractivity contribution in [2.45, 2.75) is 33.4 Å². The van der Waals surface area contributed by atoms with Gasteiger partial charge >= 0.3 is 0 Å². The average Bonchev–Trinajstić information content (AvgIpc) is 2.59. The Balaban J connectivity index is 2.08. The molecule has 0 saturated heterocycles. The normalized spacial score (nSPS) is 11.0. The van der Waals surface area contributed by atoms with E-state index in [1.165, 1.54) is 0 Å². The fourth-order valence-corrected chi connectivity index (χ4v) is 3.15. The number of methoxy groups -OCH3 is 1. The summed E-state index contributed by atoms with van der Waals surface area (Å²) in [4.78, 5) is 0. The van der Waals surface area contributed by atoms with E-state index in [1.54, 1.807) is 31.4 Å². The van der Waals surface area contributed by atoms with E-state index in [0.29, 0.717) is 39.0 Å². The Morgan fingerprint density at radius 3 is 2.31 bits per heavy atom. The van der Waals surface area contributed by atoms with Gasteiger partial charge in [-0.05, 0) is 42.6 Å². The van der Waals surface area contributed by atoms with Crippen molar-refractivity contribution in [3.63, 3.8) is 0 Å². The van der Waals surface area contributed by atoms with E-state index >= 15 is 0 Å². The third-order valence-electron chi connectivity index (χ3n) is 3.98. The number of nitrogens with one attached hydrogen (secondary N) is 1. The predicted octanol–water partition coefficient (Wildman–Crippen LogP) is 6.37. The molecule has 0 heterocycles. The molecule has 0 spiro atoms. The summed E-state index contributed by atoms with van der Waals surface area (Å²) in [6, 6.07) is 9.02. The Morgan fingerprint density at radius 2 is 1.69 bits per heavy atom. The van der Waals surface area contributed by atoms with E-state index in [1.807, 2.05) is 6.07 Å². The van der Waals surface area contributed by atoms with Crippen molar-refractivity contribution in [3.8, 4) is 11.5 Å². The summed E-state index contributed by atoms with van der Waals surface area (Å²) in [5.41, 5.74) is 1.70. The van der Waals surface area contributed by atoms with Gasteiger partial charge in [0.25, 0.3) is 0 Å². The van der Waals surface area contributed by atoms with Crippen molar-refractivity contribution in [2.24, 2.45) is 5.92 Å². The van der Waals surface area contributed by atoms with Crippen molar-refractivity contribution < 1.29 is 9.47 Å². The molecule has 0 bridgehead atoms. The molecule has 26 heavy (non-hydrogen) atoms. The molecule has 0 radical (unpaired) electrons. The number of ether oxygens (including phenoxy) is 2. The molecule has 1 N–H and O–H groups in total. The monoisotopic (exact) mass is 415 g/mol. The van der Waals surface area contributed by atoms with E-state index in [-0.39, 0.29) is 6.61 Å². The molecule has 2 aromatic carbocycles. The Labute approximate surface area is 170 Å². The van der Waals surface area contributed by atoms with Gasteiger partial charge in [0.15, 0.2) is 11.5 Å². The molecule has 2 aromatic rings. The highest BCUT2D eigenvalue weighted by molar-refractivity contribution is 6.36. The fourth-order valence-electron chi connectivity index (χ4n) is 2.42. The SMILES string of the molecule is COc1cc(CNCCC(C)C)c(Cl)cc1OCc1c(Cl)cccc1Cl. The molecule has 0 aliphatic carbocycles. The molecule has 2 rings (SSSR count). The van der Waals surface area contributed by atoms with Crippen molar-refractivity contribution in [2.75, 3.05) is 13.7 Å². The average molecular weight is 417 g/mol. The second kappa shape index (κ2) is 10.3. The Morgan fingerprint density at radius 1 is 1.00 bits per heavy atom. The minimum absolute atomic E-state index is 0.233. The highest BCUT2D eigenvalue weighted by Crippen LogP contribution is 2.35. The van der Waals surface area contributed by atoms with Crippen LogP contribution in [-0.4, -0.2) is 13.7 Å². The maximum atomic E-state index is 6.42. The molecule has 0 saturated carbocycles. The van der Waals surface area contributed by atoms with Gasteiger partial charge in [-0.2, -0.15) is 0 Å². The highest BCUT2D eigenvalue weighted by Gasteiger charge is 2.13. The molecular weight excluding hydrogens is 393 g/mol. The number of hydrogen-bond acceptors (Lipinski definition) is 3. The first-order valence-electron chi connectivity index (χ1n) is 8.55. The zero-order valence-electron chi connectivity index (χ0n) is 15.2. The quantitative estimate of drug-likeness (QED) is 0.482.